The van der Waals surface area contributed by atoms with E-state index in [0.29, 0.717) is 36.7 Å². The summed E-state index contributed by atoms with van der Waals surface area (Å²) >= 11 is 0. The lowest BCUT2D eigenvalue weighted by atomic mass is 10.2. The van der Waals surface area contributed by atoms with Crippen molar-refractivity contribution in [2.75, 3.05) is 26.1 Å². The van der Waals surface area contributed by atoms with Crippen LogP contribution in [0.4, 0.5) is 5.69 Å². The zero-order chi connectivity index (χ0) is 21.3. The smallest absolute Gasteiger partial charge is 0.313 e. The molecule has 1 heterocycles. The lowest BCUT2D eigenvalue weighted by Gasteiger charge is -2.12. The molecule has 0 aliphatic rings. The Morgan fingerprint density at radius 3 is 2.57 bits per heavy atom. The molecule has 0 unspecified atom stereocenters. The van der Waals surface area contributed by atoms with Gasteiger partial charge >= 0.3 is 11.8 Å². The van der Waals surface area contributed by atoms with Gasteiger partial charge in [0.15, 0.2) is 0 Å². The molecule has 0 fully saturated rings. The van der Waals surface area contributed by atoms with E-state index in [9.17, 15) is 9.59 Å². The second-order valence-electron chi connectivity index (χ2n) is 6.44. The highest BCUT2D eigenvalue weighted by atomic mass is 16.5. The molecule has 0 atom stereocenters. The summed E-state index contributed by atoms with van der Waals surface area (Å²) in [7, 11) is 3.00. The number of carbonyl (C=O) groups is 2. The lowest BCUT2D eigenvalue weighted by molar-refractivity contribution is -0.136. The van der Waals surface area contributed by atoms with Crippen LogP contribution in [0.25, 0.3) is 11.4 Å². The molecular weight excluding hydrogens is 384 g/mol. The van der Waals surface area contributed by atoms with Gasteiger partial charge in [-0.25, -0.2) is 4.98 Å². The predicted molar refractivity (Wildman–Crippen MR) is 113 cm³/mol. The number of hydrogen-bond donors (Lipinski definition) is 2. The minimum atomic E-state index is -0.769. The number of nitrogens with one attached hydrogen (secondary N) is 2. The van der Waals surface area contributed by atoms with Crippen molar-refractivity contribution in [1.29, 1.82) is 0 Å². The maximum Gasteiger partial charge on any atom is 0.313 e. The van der Waals surface area contributed by atoms with Crippen LogP contribution in [0.15, 0.2) is 60.9 Å². The third-order valence-electron chi connectivity index (χ3n) is 4.47. The van der Waals surface area contributed by atoms with Crippen LogP contribution in [0.2, 0.25) is 0 Å². The van der Waals surface area contributed by atoms with Crippen LogP contribution >= 0.6 is 0 Å². The van der Waals surface area contributed by atoms with E-state index in [4.69, 9.17) is 9.47 Å². The summed E-state index contributed by atoms with van der Waals surface area (Å²) in [6.45, 7) is 1.02. The molecule has 156 valence electrons. The number of ether oxygens (including phenoxy) is 2. The van der Waals surface area contributed by atoms with Crippen LogP contribution in [0, 0.1) is 0 Å². The number of hydrogen-bond acceptors (Lipinski definition) is 5. The number of anilines is 1. The summed E-state index contributed by atoms with van der Waals surface area (Å²) in [4.78, 5) is 28.7. The van der Waals surface area contributed by atoms with Crippen LogP contribution in [0.3, 0.4) is 0 Å². The average Bonchev–Trinajstić information content (AvgIpc) is 3.25. The first-order valence-electron chi connectivity index (χ1n) is 9.50. The first-order chi connectivity index (χ1) is 14.6. The number of carbonyl (C=O) groups excluding carboxylic acids is 2. The zero-order valence-corrected chi connectivity index (χ0v) is 16.9. The Hall–Kier alpha value is -3.81. The van der Waals surface area contributed by atoms with E-state index in [-0.39, 0.29) is 0 Å². The maximum atomic E-state index is 12.2. The molecule has 30 heavy (non-hydrogen) atoms. The Bertz CT molecular complexity index is 1000. The summed E-state index contributed by atoms with van der Waals surface area (Å²) in [5.74, 6) is 0.360. The second-order valence-corrected chi connectivity index (χ2v) is 6.44. The Morgan fingerprint density at radius 2 is 1.83 bits per heavy atom. The molecule has 2 aromatic carbocycles. The molecule has 0 aliphatic carbocycles. The molecule has 0 saturated heterocycles. The Morgan fingerprint density at radius 1 is 1.03 bits per heavy atom. The number of benzene rings is 2. The van der Waals surface area contributed by atoms with Gasteiger partial charge in [0.2, 0.25) is 0 Å². The third-order valence-corrected chi connectivity index (χ3v) is 4.47. The summed E-state index contributed by atoms with van der Waals surface area (Å²) in [5, 5.41) is 5.18. The lowest BCUT2D eigenvalue weighted by Crippen LogP contribution is -2.36. The predicted octanol–water partition coefficient (Wildman–Crippen LogP) is 2.71. The van der Waals surface area contributed by atoms with Crippen molar-refractivity contribution in [3.8, 4) is 22.9 Å². The van der Waals surface area contributed by atoms with Gasteiger partial charge < -0.3 is 24.7 Å². The van der Waals surface area contributed by atoms with E-state index in [1.807, 2.05) is 41.1 Å². The molecule has 1 aromatic heterocycles. The number of rotatable bonds is 8. The molecule has 2 N–H and O–H groups in total. The first-order valence-corrected chi connectivity index (χ1v) is 9.50. The molecule has 8 heteroatoms. The number of amides is 2. The molecule has 8 nitrogen and oxygen atoms in total. The molecule has 2 amide bonds. The highest BCUT2D eigenvalue weighted by Gasteiger charge is 2.16. The number of nitrogens with zero attached hydrogens (tertiary/aromatic N) is 2. The van der Waals surface area contributed by atoms with Gasteiger partial charge in [-0.2, -0.15) is 0 Å². The van der Waals surface area contributed by atoms with E-state index >= 15 is 0 Å². The average molecular weight is 408 g/mol. The molecule has 0 spiro atoms. The monoisotopic (exact) mass is 408 g/mol. The Kier molecular flexibility index (Phi) is 7.05. The van der Waals surface area contributed by atoms with Crippen molar-refractivity contribution in [3.05, 3.63) is 60.9 Å². The fourth-order valence-corrected chi connectivity index (χ4v) is 2.96. The minimum Gasteiger partial charge on any atom is -0.497 e. The highest BCUT2D eigenvalue weighted by Crippen LogP contribution is 2.28. The van der Waals surface area contributed by atoms with Crippen molar-refractivity contribution in [2.45, 2.75) is 13.0 Å². The van der Waals surface area contributed by atoms with Crippen molar-refractivity contribution < 1.29 is 19.1 Å². The van der Waals surface area contributed by atoms with Crippen LogP contribution in [-0.2, 0) is 16.1 Å². The van der Waals surface area contributed by atoms with Gasteiger partial charge in [-0.15, -0.1) is 0 Å². The molecule has 0 radical (unpaired) electrons. The normalized spacial score (nSPS) is 10.3. The fourth-order valence-electron chi connectivity index (χ4n) is 2.96. The summed E-state index contributed by atoms with van der Waals surface area (Å²) < 4.78 is 12.4. The first kappa shape index (κ1) is 20.9. The van der Waals surface area contributed by atoms with E-state index in [1.54, 1.807) is 24.4 Å². The summed E-state index contributed by atoms with van der Waals surface area (Å²) in [5.41, 5.74) is 1.39. The Balaban J connectivity index is 1.50. The maximum absolute atomic E-state index is 12.2. The van der Waals surface area contributed by atoms with Crippen molar-refractivity contribution in [1.82, 2.24) is 14.9 Å². The van der Waals surface area contributed by atoms with Gasteiger partial charge in [0.1, 0.15) is 17.3 Å². The fraction of sp³-hybridized carbons (Fsp3) is 0.227. The topological polar surface area (TPSA) is 94.5 Å². The quantitative estimate of drug-likeness (QED) is 0.441. The van der Waals surface area contributed by atoms with Crippen LogP contribution in [0.5, 0.6) is 11.5 Å². The van der Waals surface area contributed by atoms with Crippen molar-refractivity contribution >= 4 is 17.5 Å². The third kappa shape index (κ3) is 5.16. The Labute approximate surface area is 174 Å². The van der Waals surface area contributed by atoms with Gasteiger partial charge in [0.05, 0.1) is 19.9 Å². The van der Waals surface area contributed by atoms with E-state index in [1.165, 1.54) is 14.2 Å². The van der Waals surface area contributed by atoms with Crippen molar-refractivity contribution in [2.24, 2.45) is 0 Å². The number of imidazole rings is 1. The van der Waals surface area contributed by atoms with Crippen LogP contribution < -0.4 is 20.1 Å². The van der Waals surface area contributed by atoms with Gasteiger partial charge in [-0.1, -0.05) is 30.3 Å². The van der Waals surface area contributed by atoms with E-state index in [0.717, 1.165) is 11.4 Å². The number of aromatic nitrogens is 2. The number of methoxy groups -OCH3 is 2. The standard InChI is InChI=1S/C22H24N4O4/c1-29-17-9-10-19(30-2)18(15-17)25-22(28)21(27)24-11-6-13-26-14-12-23-20(26)16-7-4-3-5-8-16/h3-5,7-10,12,14-15H,6,11,13H2,1-2H3,(H,24,27)(H,25,28). The molecular formula is C22H24N4O4. The van der Waals surface area contributed by atoms with Crippen LogP contribution in [0.1, 0.15) is 6.42 Å². The summed E-state index contributed by atoms with van der Waals surface area (Å²) in [6.07, 6.45) is 4.29. The van der Waals surface area contributed by atoms with Gasteiger partial charge in [0, 0.05) is 37.1 Å². The largest absolute Gasteiger partial charge is 0.497 e. The number of aryl methyl sites for hydroxylation is 1. The summed E-state index contributed by atoms with van der Waals surface area (Å²) in [6, 6.07) is 14.8. The zero-order valence-electron chi connectivity index (χ0n) is 16.9. The van der Waals surface area contributed by atoms with E-state index < -0.39 is 11.8 Å². The minimum absolute atomic E-state index is 0.355. The molecule has 3 aromatic rings. The van der Waals surface area contributed by atoms with Crippen LogP contribution in [-0.4, -0.2) is 42.1 Å². The highest BCUT2D eigenvalue weighted by molar-refractivity contribution is 6.39. The molecule has 3 rings (SSSR count). The van der Waals surface area contributed by atoms with Gasteiger partial charge in [-0.3, -0.25) is 9.59 Å². The SMILES string of the molecule is COc1ccc(OC)c(NC(=O)C(=O)NCCCn2ccnc2-c2ccccc2)c1. The molecule has 0 bridgehead atoms. The molecule has 0 aliphatic heterocycles. The van der Waals surface area contributed by atoms with Crippen molar-refractivity contribution in [3.63, 3.8) is 0 Å². The van der Waals surface area contributed by atoms with Gasteiger partial charge in [0.25, 0.3) is 0 Å². The molecule has 0 saturated carbocycles. The van der Waals surface area contributed by atoms with Gasteiger partial charge in [-0.05, 0) is 18.6 Å². The van der Waals surface area contributed by atoms with E-state index in [2.05, 4.69) is 15.6 Å². The second kappa shape index (κ2) is 10.1.